The molecule has 0 amide bonds. The number of imidazole rings is 1. The smallest absolute Gasteiger partial charge is 0.209 e. The summed E-state index contributed by atoms with van der Waals surface area (Å²) in [6.07, 6.45) is 2.31. The van der Waals surface area contributed by atoms with Crippen LogP contribution in [0.3, 0.4) is 0 Å². The molecule has 2 heterocycles. The molecule has 4 aromatic rings. The molecule has 27 heavy (non-hydrogen) atoms. The van der Waals surface area contributed by atoms with Gasteiger partial charge in [0.2, 0.25) is 5.95 Å². The summed E-state index contributed by atoms with van der Waals surface area (Å²) >= 11 is 0. The predicted octanol–water partition coefficient (Wildman–Crippen LogP) is 5.71. The van der Waals surface area contributed by atoms with Crippen LogP contribution in [-0.2, 0) is 0 Å². The van der Waals surface area contributed by atoms with Crippen LogP contribution < -0.4 is 5.32 Å². The summed E-state index contributed by atoms with van der Waals surface area (Å²) in [5.41, 5.74) is 8.23. The van der Waals surface area contributed by atoms with Gasteiger partial charge in [-0.3, -0.25) is 4.57 Å². The molecule has 1 N–H and O–H groups in total. The summed E-state index contributed by atoms with van der Waals surface area (Å²) in [6.45, 7) is 4.25. The molecule has 0 saturated carbocycles. The van der Waals surface area contributed by atoms with Gasteiger partial charge in [-0.05, 0) is 43.2 Å². The van der Waals surface area contributed by atoms with Gasteiger partial charge >= 0.3 is 0 Å². The Labute approximate surface area is 159 Å². The molecule has 0 spiro atoms. The van der Waals surface area contributed by atoms with E-state index in [1.807, 2.05) is 6.07 Å². The van der Waals surface area contributed by atoms with E-state index in [1.54, 1.807) is 0 Å². The van der Waals surface area contributed by atoms with Crippen molar-refractivity contribution in [1.29, 1.82) is 0 Å². The first-order valence-electron chi connectivity index (χ1n) is 9.28. The Morgan fingerprint density at radius 1 is 0.852 bits per heavy atom. The predicted molar refractivity (Wildman–Crippen MR) is 112 cm³/mol. The molecule has 0 saturated heterocycles. The molecule has 132 valence electrons. The van der Waals surface area contributed by atoms with Crippen LogP contribution in [0.1, 0.15) is 28.3 Å². The van der Waals surface area contributed by atoms with Gasteiger partial charge in [0.15, 0.2) is 0 Å². The summed E-state index contributed by atoms with van der Waals surface area (Å²) in [6, 6.07) is 25.8. The van der Waals surface area contributed by atoms with Gasteiger partial charge in [-0.2, -0.15) is 0 Å². The number of fused-ring (bicyclic) bond motifs is 3. The van der Waals surface area contributed by atoms with E-state index in [9.17, 15) is 0 Å². The lowest BCUT2D eigenvalue weighted by Gasteiger charge is -2.27. The van der Waals surface area contributed by atoms with Crippen LogP contribution in [0.2, 0.25) is 0 Å². The SMILES string of the molecule is Cc1ccc(C2=C[C@H](c3cccc(C)c3)n3c(nc4ccccc43)N2)cc1. The Morgan fingerprint density at radius 3 is 2.48 bits per heavy atom. The molecule has 3 heteroatoms. The lowest BCUT2D eigenvalue weighted by Crippen LogP contribution is -2.19. The van der Waals surface area contributed by atoms with Crippen molar-refractivity contribution in [1.82, 2.24) is 9.55 Å². The van der Waals surface area contributed by atoms with E-state index in [0.717, 1.165) is 22.7 Å². The molecule has 0 bridgehead atoms. The molecule has 1 atom stereocenters. The van der Waals surface area contributed by atoms with Gasteiger partial charge in [0.05, 0.1) is 17.1 Å². The Balaban J connectivity index is 1.72. The number of nitrogens with zero attached hydrogens (tertiary/aromatic N) is 2. The highest BCUT2D eigenvalue weighted by Crippen LogP contribution is 2.37. The number of aryl methyl sites for hydroxylation is 2. The zero-order valence-electron chi connectivity index (χ0n) is 15.5. The summed E-state index contributed by atoms with van der Waals surface area (Å²) in [5, 5.41) is 3.55. The van der Waals surface area contributed by atoms with Gasteiger partial charge in [0.25, 0.3) is 0 Å². The molecule has 0 unspecified atom stereocenters. The fourth-order valence-electron chi connectivity index (χ4n) is 3.81. The van der Waals surface area contributed by atoms with Gasteiger partial charge in [-0.1, -0.05) is 71.8 Å². The van der Waals surface area contributed by atoms with Crippen LogP contribution in [0.5, 0.6) is 0 Å². The monoisotopic (exact) mass is 351 g/mol. The summed E-state index contributed by atoms with van der Waals surface area (Å²) in [7, 11) is 0. The first-order valence-corrected chi connectivity index (χ1v) is 9.28. The number of aromatic nitrogens is 2. The highest BCUT2D eigenvalue weighted by molar-refractivity contribution is 5.85. The zero-order valence-corrected chi connectivity index (χ0v) is 15.5. The number of rotatable bonds is 2. The maximum absolute atomic E-state index is 4.86. The molecule has 0 aliphatic carbocycles. The van der Waals surface area contributed by atoms with Gasteiger partial charge in [0, 0.05) is 5.70 Å². The molecule has 3 nitrogen and oxygen atoms in total. The number of para-hydroxylation sites is 2. The fourth-order valence-corrected chi connectivity index (χ4v) is 3.81. The number of hydrogen-bond acceptors (Lipinski definition) is 2. The second-order valence-corrected chi connectivity index (χ2v) is 7.22. The minimum absolute atomic E-state index is 0.102. The Hall–Kier alpha value is -3.33. The van der Waals surface area contributed by atoms with Gasteiger partial charge in [-0.15, -0.1) is 0 Å². The van der Waals surface area contributed by atoms with Gasteiger partial charge in [-0.25, -0.2) is 4.98 Å². The third-order valence-corrected chi connectivity index (χ3v) is 5.19. The molecular weight excluding hydrogens is 330 g/mol. The van der Waals surface area contributed by atoms with Crippen molar-refractivity contribution >= 4 is 22.7 Å². The normalized spacial score (nSPS) is 15.9. The minimum Gasteiger partial charge on any atom is -0.325 e. The highest BCUT2D eigenvalue weighted by Gasteiger charge is 2.25. The maximum Gasteiger partial charge on any atom is 0.209 e. The standard InChI is InChI=1S/C24H21N3/c1-16-10-12-18(13-11-16)21-15-23(19-7-5-6-17(2)14-19)27-22-9-4-3-8-20(22)25-24(27)26-21/h3-15,23H,1-2H3,(H,25,26)/t23-/m1/s1. The van der Waals surface area contributed by atoms with E-state index < -0.39 is 0 Å². The van der Waals surface area contributed by atoms with Crippen molar-refractivity contribution < 1.29 is 0 Å². The fraction of sp³-hybridized carbons (Fsp3) is 0.125. The molecule has 1 aromatic heterocycles. The Morgan fingerprint density at radius 2 is 1.67 bits per heavy atom. The number of anilines is 1. The largest absolute Gasteiger partial charge is 0.325 e. The third-order valence-electron chi connectivity index (χ3n) is 5.19. The average molecular weight is 351 g/mol. The van der Waals surface area contributed by atoms with Crippen LogP contribution in [-0.4, -0.2) is 9.55 Å². The Kier molecular flexibility index (Phi) is 3.61. The highest BCUT2D eigenvalue weighted by atomic mass is 15.2. The minimum atomic E-state index is 0.102. The summed E-state index contributed by atoms with van der Waals surface area (Å²) in [4.78, 5) is 4.86. The van der Waals surface area contributed by atoms with E-state index in [2.05, 4.69) is 96.5 Å². The number of allylic oxidation sites excluding steroid dienone is 1. The van der Waals surface area contributed by atoms with Crippen molar-refractivity contribution in [3.63, 3.8) is 0 Å². The molecule has 3 aromatic carbocycles. The topological polar surface area (TPSA) is 29.9 Å². The van der Waals surface area contributed by atoms with E-state index in [1.165, 1.54) is 22.3 Å². The van der Waals surface area contributed by atoms with Crippen LogP contribution in [0.25, 0.3) is 16.7 Å². The van der Waals surface area contributed by atoms with E-state index >= 15 is 0 Å². The van der Waals surface area contributed by atoms with Crippen molar-refractivity contribution in [2.45, 2.75) is 19.9 Å². The van der Waals surface area contributed by atoms with Crippen LogP contribution in [0.4, 0.5) is 5.95 Å². The van der Waals surface area contributed by atoms with Gasteiger partial charge in [0.1, 0.15) is 0 Å². The third kappa shape index (κ3) is 2.72. The van der Waals surface area contributed by atoms with E-state index in [4.69, 9.17) is 4.98 Å². The van der Waals surface area contributed by atoms with Crippen LogP contribution >= 0.6 is 0 Å². The van der Waals surface area contributed by atoms with Crippen molar-refractivity contribution in [2.75, 3.05) is 5.32 Å². The van der Waals surface area contributed by atoms with E-state index in [0.29, 0.717) is 0 Å². The van der Waals surface area contributed by atoms with E-state index in [-0.39, 0.29) is 6.04 Å². The van der Waals surface area contributed by atoms with Crippen LogP contribution in [0, 0.1) is 13.8 Å². The first kappa shape index (κ1) is 15.9. The maximum atomic E-state index is 4.86. The van der Waals surface area contributed by atoms with Crippen LogP contribution in [0.15, 0.2) is 78.9 Å². The first-order chi connectivity index (χ1) is 13.2. The summed E-state index contributed by atoms with van der Waals surface area (Å²) < 4.78 is 2.29. The Bertz CT molecular complexity index is 1170. The second-order valence-electron chi connectivity index (χ2n) is 7.22. The molecule has 1 aliphatic heterocycles. The molecule has 0 fully saturated rings. The summed E-state index contributed by atoms with van der Waals surface area (Å²) in [5.74, 6) is 0.890. The number of nitrogens with one attached hydrogen (secondary N) is 1. The van der Waals surface area contributed by atoms with Crippen molar-refractivity contribution in [3.8, 4) is 0 Å². The average Bonchev–Trinajstić information content (AvgIpc) is 3.06. The molecule has 1 aliphatic rings. The van der Waals surface area contributed by atoms with Gasteiger partial charge < -0.3 is 5.32 Å². The lowest BCUT2D eigenvalue weighted by atomic mass is 9.99. The lowest BCUT2D eigenvalue weighted by molar-refractivity contribution is 0.720. The molecular formula is C24H21N3. The molecule has 5 rings (SSSR count). The number of benzene rings is 3. The quantitative estimate of drug-likeness (QED) is 0.501. The number of hydrogen-bond donors (Lipinski definition) is 1. The van der Waals surface area contributed by atoms with Crippen molar-refractivity contribution in [3.05, 3.63) is 101 Å². The second kappa shape index (κ2) is 6.13. The molecule has 0 radical (unpaired) electrons. The zero-order chi connectivity index (χ0) is 18.4. The van der Waals surface area contributed by atoms with Crippen molar-refractivity contribution in [2.24, 2.45) is 0 Å².